The lowest BCUT2D eigenvalue weighted by atomic mass is 10.1. The summed E-state index contributed by atoms with van der Waals surface area (Å²) in [6.45, 7) is 1.60. The third-order valence-corrected chi connectivity index (χ3v) is 6.12. The smallest absolute Gasteiger partial charge is 0.211 e. The van der Waals surface area contributed by atoms with Crippen molar-refractivity contribution in [2.24, 2.45) is 0 Å². The quantitative estimate of drug-likeness (QED) is 0.614. The summed E-state index contributed by atoms with van der Waals surface area (Å²) in [6.07, 6.45) is 3.11. The Morgan fingerprint density at radius 1 is 0.917 bits per heavy atom. The number of rotatable bonds is 7. The predicted molar refractivity (Wildman–Crippen MR) is 95.2 cm³/mol. The minimum Gasteiger partial charge on any atom is -0.492 e. The molecule has 0 amide bonds. The van der Waals surface area contributed by atoms with Crippen molar-refractivity contribution >= 4 is 9.84 Å². The molecule has 128 valence electrons. The highest BCUT2D eigenvalue weighted by molar-refractivity contribution is 7.92. The van der Waals surface area contributed by atoms with Crippen LogP contribution >= 0.6 is 0 Å². The van der Waals surface area contributed by atoms with Gasteiger partial charge in [-0.3, -0.25) is 0 Å². The van der Waals surface area contributed by atoms with E-state index >= 15 is 0 Å². The van der Waals surface area contributed by atoms with Crippen LogP contribution in [0.3, 0.4) is 0 Å². The fourth-order valence-corrected chi connectivity index (χ4v) is 4.85. The van der Waals surface area contributed by atoms with E-state index < -0.39 is 9.84 Å². The standard InChI is InChI=1S/C19H23NO3S/c1-20(2)13-6-3-7-14-23-17-11-8-10-16-15-9-4-5-12-18(15)24(21,22)19(16)17/h4-5,8-12H,3,6-7,13-14H2,1-2H3. The summed E-state index contributed by atoms with van der Waals surface area (Å²) in [4.78, 5) is 2.86. The summed E-state index contributed by atoms with van der Waals surface area (Å²) in [5, 5.41) is 0. The summed E-state index contributed by atoms with van der Waals surface area (Å²) in [6, 6.07) is 12.6. The van der Waals surface area contributed by atoms with Gasteiger partial charge in [-0.15, -0.1) is 0 Å². The van der Waals surface area contributed by atoms with E-state index in [4.69, 9.17) is 4.74 Å². The summed E-state index contributed by atoms with van der Waals surface area (Å²) < 4.78 is 31.5. The first-order valence-corrected chi connectivity index (χ1v) is 9.75. The minimum absolute atomic E-state index is 0.319. The third kappa shape index (κ3) is 3.19. The largest absolute Gasteiger partial charge is 0.492 e. The maximum Gasteiger partial charge on any atom is 0.211 e. The molecule has 0 saturated heterocycles. The zero-order valence-corrected chi connectivity index (χ0v) is 15.0. The van der Waals surface area contributed by atoms with Crippen LogP contribution < -0.4 is 4.74 Å². The molecule has 0 radical (unpaired) electrons. The first-order valence-electron chi connectivity index (χ1n) is 8.27. The van der Waals surface area contributed by atoms with Crippen LogP contribution in [0, 0.1) is 0 Å². The van der Waals surface area contributed by atoms with Gasteiger partial charge in [-0.25, -0.2) is 8.42 Å². The van der Waals surface area contributed by atoms with Crippen molar-refractivity contribution in [2.45, 2.75) is 29.1 Å². The van der Waals surface area contributed by atoms with Crippen molar-refractivity contribution in [3.05, 3.63) is 42.5 Å². The van der Waals surface area contributed by atoms with Gasteiger partial charge >= 0.3 is 0 Å². The van der Waals surface area contributed by atoms with Crippen LogP contribution in [-0.2, 0) is 9.84 Å². The molecule has 0 N–H and O–H groups in total. The molecule has 5 heteroatoms. The van der Waals surface area contributed by atoms with Gasteiger partial charge in [0.15, 0.2) is 0 Å². The first-order chi connectivity index (χ1) is 11.5. The Hall–Kier alpha value is -1.85. The van der Waals surface area contributed by atoms with Crippen molar-refractivity contribution in [2.75, 3.05) is 27.2 Å². The summed E-state index contributed by atoms with van der Waals surface area (Å²) in [5.74, 6) is 0.469. The van der Waals surface area contributed by atoms with E-state index in [0.29, 0.717) is 22.1 Å². The van der Waals surface area contributed by atoms with Gasteiger partial charge in [0, 0.05) is 11.1 Å². The molecule has 24 heavy (non-hydrogen) atoms. The van der Waals surface area contributed by atoms with E-state index in [1.807, 2.05) is 24.3 Å². The van der Waals surface area contributed by atoms with Gasteiger partial charge in [0.25, 0.3) is 0 Å². The lowest BCUT2D eigenvalue weighted by Gasteiger charge is -2.11. The van der Waals surface area contributed by atoms with Crippen molar-refractivity contribution in [3.8, 4) is 16.9 Å². The number of sulfone groups is 1. The van der Waals surface area contributed by atoms with E-state index in [1.165, 1.54) is 0 Å². The third-order valence-electron chi connectivity index (χ3n) is 4.22. The molecule has 0 unspecified atom stereocenters. The number of hydrogen-bond acceptors (Lipinski definition) is 4. The summed E-state index contributed by atoms with van der Waals surface area (Å²) in [5.41, 5.74) is 1.51. The van der Waals surface area contributed by atoms with Gasteiger partial charge in [0.2, 0.25) is 9.84 Å². The maximum atomic E-state index is 12.8. The van der Waals surface area contributed by atoms with Gasteiger partial charge in [0.05, 0.1) is 11.5 Å². The van der Waals surface area contributed by atoms with E-state index in [0.717, 1.165) is 36.9 Å². The Kier molecular flexibility index (Phi) is 4.92. The number of fused-ring (bicyclic) bond motifs is 3. The highest BCUT2D eigenvalue weighted by Crippen LogP contribution is 2.47. The molecule has 4 nitrogen and oxygen atoms in total. The van der Waals surface area contributed by atoms with Gasteiger partial charge in [-0.05, 0) is 52.0 Å². The van der Waals surface area contributed by atoms with Crippen LogP contribution in [0.2, 0.25) is 0 Å². The topological polar surface area (TPSA) is 46.6 Å². The van der Waals surface area contributed by atoms with Gasteiger partial charge < -0.3 is 9.64 Å². The SMILES string of the molecule is CN(C)CCCCCOc1cccc2c1S(=O)(=O)c1ccccc1-2. The molecular formula is C19H23NO3S. The van der Waals surface area contributed by atoms with Crippen LogP contribution in [0.1, 0.15) is 19.3 Å². The Bertz CT molecular complexity index is 828. The Balaban J connectivity index is 1.75. The maximum absolute atomic E-state index is 12.8. The number of benzene rings is 2. The molecule has 0 bridgehead atoms. The van der Waals surface area contributed by atoms with Gasteiger partial charge in [0.1, 0.15) is 10.6 Å². The summed E-state index contributed by atoms with van der Waals surface area (Å²) >= 11 is 0. The predicted octanol–water partition coefficient (Wildman–Crippen LogP) is 3.61. The van der Waals surface area contributed by atoms with Crippen LogP contribution in [0.25, 0.3) is 11.1 Å². The number of nitrogens with zero attached hydrogens (tertiary/aromatic N) is 1. The molecule has 0 saturated carbocycles. The van der Waals surface area contributed by atoms with Gasteiger partial charge in [-0.2, -0.15) is 0 Å². The molecule has 1 aliphatic heterocycles. The molecular weight excluding hydrogens is 322 g/mol. The van der Waals surface area contributed by atoms with Crippen LogP contribution in [0.5, 0.6) is 5.75 Å². The Morgan fingerprint density at radius 2 is 1.67 bits per heavy atom. The lowest BCUT2D eigenvalue weighted by molar-refractivity contribution is 0.293. The average molecular weight is 345 g/mol. The van der Waals surface area contributed by atoms with Crippen molar-refractivity contribution in [1.82, 2.24) is 4.90 Å². The monoisotopic (exact) mass is 345 g/mol. The van der Waals surface area contributed by atoms with Crippen molar-refractivity contribution in [3.63, 3.8) is 0 Å². The van der Waals surface area contributed by atoms with Gasteiger partial charge in [-0.1, -0.05) is 30.3 Å². The number of hydrogen-bond donors (Lipinski definition) is 0. The van der Waals surface area contributed by atoms with E-state index in [1.54, 1.807) is 18.2 Å². The molecule has 2 aromatic rings. The Morgan fingerprint density at radius 3 is 2.46 bits per heavy atom. The lowest BCUT2D eigenvalue weighted by Crippen LogP contribution is -2.13. The molecule has 3 rings (SSSR count). The van der Waals surface area contributed by atoms with Crippen LogP contribution in [0.15, 0.2) is 52.3 Å². The van der Waals surface area contributed by atoms with Crippen LogP contribution in [0.4, 0.5) is 0 Å². The molecule has 0 spiro atoms. The minimum atomic E-state index is -3.49. The average Bonchev–Trinajstić information content (AvgIpc) is 2.80. The molecule has 0 atom stereocenters. The van der Waals surface area contributed by atoms with Crippen molar-refractivity contribution < 1.29 is 13.2 Å². The summed E-state index contributed by atoms with van der Waals surface area (Å²) in [7, 11) is 0.638. The number of ether oxygens (including phenoxy) is 1. The molecule has 0 aliphatic carbocycles. The normalized spacial score (nSPS) is 14.5. The fraction of sp³-hybridized carbons (Fsp3) is 0.368. The van der Waals surface area contributed by atoms with E-state index in [2.05, 4.69) is 19.0 Å². The second kappa shape index (κ2) is 6.95. The molecule has 1 heterocycles. The highest BCUT2D eigenvalue weighted by Gasteiger charge is 2.35. The zero-order valence-electron chi connectivity index (χ0n) is 14.2. The van der Waals surface area contributed by atoms with E-state index in [9.17, 15) is 8.42 Å². The fourth-order valence-electron chi connectivity index (χ4n) is 3.04. The van der Waals surface area contributed by atoms with Crippen molar-refractivity contribution in [1.29, 1.82) is 0 Å². The Labute approximate surface area is 144 Å². The second-order valence-electron chi connectivity index (χ2n) is 6.34. The van der Waals surface area contributed by atoms with Crippen LogP contribution in [-0.4, -0.2) is 40.6 Å². The molecule has 0 fully saturated rings. The first kappa shape index (κ1) is 17.0. The number of unbranched alkanes of at least 4 members (excludes halogenated alkanes) is 2. The molecule has 0 aromatic heterocycles. The second-order valence-corrected chi connectivity index (χ2v) is 8.20. The van der Waals surface area contributed by atoms with E-state index in [-0.39, 0.29) is 0 Å². The molecule has 2 aromatic carbocycles. The molecule has 1 aliphatic rings. The highest BCUT2D eigenvalue weighted by atomic mass is 32.2. The zero-order chi connectivity index (χ0) is 17.2.